The number of ether oxygens (including phenoxy) is 1. The van der Waals surface area contributed by atoms with E-state index in [2.05, 4.69) is 24.2 Å². The first-order valence-corrected chi connectivity index (χ1v) is 7.71. The molecule has 0 spiro atoms. The van der Waals surface area contributed by atoms with E-state index in [0.717, 1.165) is 17.3 Å². The fourth-order valence-electron chi connectivity index (χ4n) is 1.78. The van der Waals surface area contributed by atoms with Gasteiger partial charge in [-0.2, -0.15) is 0 Å². The van der Waals surface area contributed by atoms with Gasteiger partial charge in [-0.05, 0) is 25.7 Å². The maximum absolute atomic E-state index is 11.1. The molecule has 1 atom stereocenters. The number of rotatable bonds is 6. The SMILES string of the molecule is CCOC(=O)CCCN=C1NC(C(C)C)CCS1. The van der Waals surface area contributed by atoms with Gasteiger partial charge in [-0.1, -0.05) is 25.6 Å². The predicted octanol–water partition coefficient (Wildman–Crippen LogP) is 2.44. The van der Waals surface area contributed by atoms with Crippen molar-refractivity contribution in [1.82, 2.24) is 5.32 Å². The molecule has 1 unspecified atom stereocenters. The van der Waals surface area contributed by atoms with E-state index in [1.54, 1.807) is 11.8 Å². The molecule has 0 aromatic rings. The van der Waals surface area contributed by atoms with E-state index in [0.29, 0.717) is 31.5 Å². The molecular weight excluding hydrogens is 248 g/mol. The van der Waals surface area contributed by atoms with E-state index in [1.807, 2.05) is 6.92 Å². The zero-order chi connectivity index (χ0) is 13.4. The van der Waals surface area contributed by atoms with Gasteiger partial charge in [0.05, 0.1) is 6.61 Å². The molecule has 1 saturated heterocycles. The largest absolute Gasteiger partial charge is 0.466 e. The Hall–Kier alpha value is -0.710. The molecule has 1 aliphatic heterocycles. The molecule has 1 N–H and O–H groups in total. The molecule has 18 heavy (non-hydrogen) atoms. The monoisotopic (exact) mass is 272 g/mol. The zero-order valence-electron chi connectivity index (χ0n) is 11.6. The summed E-state index contributed by atoms with van der Waals surface area (Å²) in [6.45, 7) is 7.44. The molecule has 0 bridgehead atoms. The number of carbonyl (C=O) groups excluding carboxylic acids is 1. The molecule has 0 radical (unpaired) electrons. The summed E-state index contributed by atoms with van der Waals surface area (Å²) in [7, 11) is 0. The smallest absolute Gasteiger partial charge is 0.305 e. The molecule has 0 aromatic carbocycles. The minimum absolute atomic E-state index is 0.123. The second kappa shape index (κ2) is 8.40. The van der Waals surface area contributed by atoms with Crippen molar-refractivity contribution in [2.75, 3.05) is 18.9 Å². The first-order valence-electron chi connectivity index (χ1n) is 6.73. The molecular formula is C13H24N2O2S. The Kier molecular flexibility index (Phi) is 7.16. The highest BCUT2D eigenvalue weighted by Gasteiger charge is 2.19. The molecule has 1 heterocycles. The highest BCUT2D eigenvalue weighted by atomic mass is 32.2. The number of hydrogen-bond acceptors (Lipinski definition) is 4. The summed E-state index contributed by atoms with van der Waals surface area (Å²) in [6.07, 6.45) is 2.42. The predicted molar refractivity (Wildman–Crippen MR) is 77.0 cm³/mol. The van der Waals surface area contributed by atoms with E-state index in [-0.39, 0.29) is 5.97 Å². The standard InChI is InChI=1S/C13H24N2O2S/c1-4-17-12(16)6-5-8-14-13-15-11(10(2)3)7-9-18-13/h10-11H,4-9H2,1-3H3,(H,14,15). The van der Waals surface area contributed by atoms with Crippen molar-refractivity contribution in [2.24, 2.45) is 10.9 Å². The van der Waals surface area contributed by atoms with Crippen molar-refractivity contribution in [2.45, 2.75) is 46.1 Å². The molecule has 0 aromatic heterocycles. The molecule has 4 nitrogen and oxygen atoms in total. The molecule has 104 valence electrons. The molecule has 5 heteroatoms. The van der Waals surface area contributed by atoms with Crippen molar-refractivity contribution in [3.63, 3.8) is 0 Å². The lowest BCUT2D eigenvalue weighted by molar-refractivity contribution is -0.143. The van der Waals surface area contributed by atoms with Crippen LogP contribution in [0.2, 0.25) is 0 Å². The number of nitrogens with one attached hydrogen (secondary N) is 1. The van der Waals surface area contributed by atoms with Gasteiger partial charge >= 0.3 is 5.97 Å². The molecule has 0 saturated carbocycles. The van der Waals surface area contributed by atoms with Crippen LogP contribution in [0.5, 0.6) is 0 Å². The van der Waals surface area contributed by atoms with Gasteiger partial charge in [0.1, 0.15) is 0 Å². The van der Waals surface area contributed by atoms with E-state index >= 15 is 0 Å². The van der Waals surface area contributed by atoms with E-state index < -0.39 is 0 Å². The highest BCUT2D eigenvalue weighted by Crippen LogP contribution is 2.18. The molecule has 1 fully saturated rings. The van der Waals surface area contributed by atoms with Gasteiger partial charge in [-0.15, -0.1) is 0 Å². The molecule has 0 amide bonds. The summed E-state index contributed by atoms with van der Waals surface area (Å²) >= 11 is 1.78. The Labute approximate surface area is 114 Å². The summed E-state index contributed by atoms with van der Waals surface area (Å²) < 4.78 is 4.87. The highest BCUT2D eigenvalue weighted by molar-refractivity contribution is 8.13. The van der Waals surface area contributed by atoms with Crippen LogP contribution in [0, 0.1) is 5.92 Å². The van der Waals surface area contributed by atoms with Crippen LogP contribution in [0.3, 0.4) is 0 Å². The number of aliphatic imine (C=N–C) groups is 1. The van der Waals surface area contributed by atoms with E-state index in [4.69, 9.17) is 4.74 Å². The van der Waals surface area contributed by atoms with Crippen LogP contribution in [0.1, 0.15) is 40.0 Å². The van der Waals surface area contributed by atoms with Crippen molar-refractivity contribution in [3.8, 4) is 0 Å². The van der Waals surface area contributed by atoms with Crippen LogP contribution >= 0.6 is 11.8 Å². The lowest BCUT2D eigenvalue weighted by Crippen LogP contribution is -2.41. The van der Waals surface area contributed by atoms with E-state index in [1.165, 1.54) is 6.42 Å². The Morgan fingerprint density at radius 2 is 2.39 bits per heavy atom. The average Bonchev–Trinajstić information content (AvgIpc) is 2.35. The summed E-state index contributed by atoms with van der Waals surface area (Å²) in [5, 5.41) is 4.49. The number of esters is 1. The minimum atomic E-state index is -0.123. The number of carbonyl (C=O) groups is 1. The third-order valence-corrected chi connectivity index (χ3v) is 3.84. The average molecular weight is 272 g/mol. The van der Waals surface area contributed by atoms with Gasteiger partial charge in [0.25, 0.3) is 0 Å². The third-order valence-electron chi connectivity index (χ3n) is 2.88. The fourth-order valence-corrected chi connectivity index (χ4v) is 2.77. The quantitative estimate of drug-likeness (QED) is 0.596. The maximum atomic E-state index is 11.1. The van der Waals surface area contributed by atoms with Crippen molar-refractivity contribution in [3.05, 3.63) is 0 Å². The second-order valence-electron chi connectivity index (χ2n) is 4.73. The van der Waals surface area contributed by atoms with Crippen LogP contribution in [-0.4, -0.2) is 36.1 Å². The molecule has 1 rings (SSSR count). The van der Waals surface area contributed by atoms with Crippen molar-refractivity contribution >= 4 is 22.9 Å². The molecule has 0 aliphatic carbocycles. The lowest BCUT2D eigenvalue weighted by Gasteiger charge is -2.28. The Bertz CT molecular complexity index is 293. The normalized spacial score (nSPS) is 22.0. The number of thioether (sulfide) groups is 1. The first-order chi connectivity index (χ1) is 8.63. The fraction of sp³-hybridized carbons (Fsp3) is 0.846. The zero-order valence-corrected chi connectivity index (χ0v) is 12.4. The van der Waals surface area contributed by atoms with Gasteiger partial charge < -0.3 is 10.1 Å². The number of hydrogen-bond donors (Lipinski definition) is 1. The van der Waals surface area contributed by atoms with Crippen LogP contribution in [0.25, 0.3) is 0 Å². The van der Waals surface area contributed by atoms with Gasteiger partial charge in [0.2, 0.25) is 0 Å². The van der Waals surface area contributed by atoms with Gasteiger partial charge in [0, 0.05) is 24.8 Å². The van der Waals surface area contributed by atoms with Crippen LogP contribution in [0.4, 0.5) is 0 Å². The first kappa shape index (κ1) is 15.3. The van der Waals surface area contributed by atoms with Crippen LogP contribution in [-0.2, 0) is 9.53 Å². The summed E-state index contributed by atoms with van der Waals surface area (Å²) in [4.78, 5) is 15.7. The van der Waals surface area contributed by atoms with Gasteiger partial charge in [-0.3, -0.25) is 9.79 Å². The van der Waals surface area contributed by atoms with E-state index in [9.17, 15) is 4.79 Å². The topological polar surface area (TPSA) is 50.7 Å². The lowest BCUT2D eigenvalue weighted by atomic mass is 10.0. The summed E-state index contributed by atoms with van der Waals surface area (Å²) in [5.41, 5.74) is 0. The Morgan fingerprint density at radius 1 is 1.61 bits per heavy atom. The third kappa shape index (κ3) is 5.76. The number of amidine groups is 1. The van der Waals surface area contributed by atoms with Crippen LogP contribution in [0.15, 0.2) is 4.99 Å². The Morgan fingerprint density at radius 3 is 3.06 bits per heavy atom. The van der Waals surface area contributed by atoms with Crippen LogP contribution < -0.4 is 5.32 Å². The minimum Gasteiger partial charge on any atom is -0.466 e. The Balaban J connectivity index is 2.23. The van der Waals surface area contributed by atoms with Crippen molar-refractivity contribution in [1.29, 1.82) is 0 Å². The number of nitrogens with zero attached hydrogens (tertiary/aromatic N) is 1. The maximum Gasteiger partial charge on any atom is 0.305 e. The van der Waals surface area contributed by atoms with Gasteiger partial charge in [0.15, 0.2) is 5.17 Å². The van der Waals surface area contributed by atoms with Crippen molar-refractivity contribution < 1.29 is 9.53 Å². The summed E-state index contributed by atoms with van der Waals surface area (Å²) in [6, 6.07) is 0.537. The summed E-state index contributed by atoms with van der Waals surface area (Å²) in [5.74, 6) is 1.64. The van der Waals surface area contributed by atoms with Gasteiger partial charge in [-0.25, -0.2) is 0 Å². The second-order valence-corrected chi connectivity index (χ2v) is 5.81. The molecule has 1 aliphatic rings.